The SMILES string of the molecule is CN(C)CCCNC(=O)c1ccccc1[N+](=O)[O-].Cl. The first-order valence-electron chi connectivity index (χ1n) is 5.68. The lowest BCUT2D eigenvalue weighted by Gasteiger charge is -2.09. The Labute approximate surface area is 118 Å². The molecule has 7 heteroatoms. The number of carbonyl (C=O) groups excluding carboxylic acids is 1. The molecule has 1 rings (SSSR count). The lowest BCUT2D eigenvalue weighted by Crippen LogP contribution is -2.27. The molecular weight excluding hydrogens is 270 g/mol. The van der Waals surface area contributed by atoms with Gasteiger partial charge in [-0.2, -0.15) is 0 Å². The number of para-hydroxylation sites is 1. The molecule has 0 radical (unpaired) electrons. The Morgan fingerprint density at radius 1 is 1.37 bits per heavy atom. The summed E-state index contributed by atoms with van der Waals surface area (Å²) in [4.78, 5) is 24.0. The van der Waals surface area contributed by atoms with E-state index in [0.29, 0.717) is 6.54 Å². The molecule has 106 valence electrons. The molecule has 1 N–H and O–H groups in total. The van der Waals surface area contributed by atoms with Crippen LogP contribution in [0.15, 0.2) is 24.3 Å². The van der Waals surface area contributed by atoms with E-state index in [9.17, 15) is 14.9 Å². The first-order chi connectivity index (χ1) is 8.52. The fourth-order valence-electron chi connectivity index (χ4n) is 1.52. The summed E-state index contributed by atoms with van der Waals surface area (Å²) < 4.78 is 0. The predicted molar refractivity (Wildman–Crippen MR) is 75.8 cm³/mol. The molecule has 0 unspecified atom stereocenters. The van der Waals surface area contributed by atoms with Crippen molar-refractivity contribution in [1.29, 1.82) is 0 Å². The molecular formula is C12H18ClN3O3. The molecule has 0 aromatic heterocycles. The van der Waals surface area contributed by atoms with Crippen molar-refractivity contribution < 1.29 is 9.72 Å². The van der Waals surface area contributed by atoms with Crippen molar-refractivity contribution >= 4 is 24.0 Å². The normalized spacial score (nSPS) is 9.84. The second kappa shape index (κ2) is 8.44. The summed E-state index contributed by atoms with van der Waals surface area (Å²) in [5.41, 5.74) is -0.0602. The van der Waals surface area contributed by atoms with Crippen molar-refractivity contribution in [2.75, 3.05) is 27.2 Å². The quantitative estimate of drug-likeness (QED) is 0.491. The number of halogens is 1. The number of nitrogens with one attached hydrogen (secondary N) is 1. The number of amides is 1. The highest BCUT2D eigenvalue weighted by molar-refractivity contribution is 5.98. The maximum absolute atomic E-state index is 11.8. The number of benzene rings is 1. The topological polar surface area (TPSA) is 75.5 Å². The lowest BCUT2D eigenvalue weighted by atomic mass is 10.1. The number of hydrogen-bond donors (Lipinski definition) is 1. The van der Waals surface area contributed by atoms with Crippen LogP contribution in [-0.2, 0) is 0 Å². The van der Waals surface area contributed by atoms with Gasteiger partial charge >= 0.3 is 0 Å². The second-order valence-electron chi connectivity index (χ2n) is 4.19. The minimum absolute atomic E-state index is 0. The molecule has 0 heterocycles. The average molecular weight is 288 g/mol. The van der Waals surface area contributed by atoms with Crippen molar-refractivity contribution in [3.8, 4) is 0 Å². The molecule has 0 spiro atoms. The van der Waals surface area contributed by atoms with Gasteiger partial charge in [0.15, 0.2) is 0 Å². The number of carbonyl (C=O) groups is 1. The fourth-order valence-corrected chi connectivity index (χ4v) is 1.52. The van der Waals surface area contributed by atoms with E-state index < -0.39 is 10.8 Å². The third-order valence-corrected chi connectivity index (χ3v) is 2.41. The van der Waals surface area contributed by atoms with Crippen LogP contribution < -0.4 is 5.32 Å². The maximum atomic E-state index is 11.8. The average Bonchev–Trinajstić information content (AvgIpc) is 2.34. The fraction of sp³-hybridized carbons (Fsp3) is 0.417. The second-order valence-corrected chi connectivity index (χ2v) is 4.19. The summed E-state index contributed by atoms with van der Waals surface area (Å²) in [7, 11) is 3.90. The Morgan fingerprint density at radius 2 is 2.00 bits per heavy atom. The highest BCUT2D eigenvalue weighted by Gasteiger charge is 2.18. The molecule has 1 aromatic carbocycles. The van der Waals surface area contributed by atoms with E-state index in [0.717, 1.165) is 13.0 Å². The van der Waals surface area contributed by atoms with Gasteiger partial charge in [0.2, 0.25) is 0 Å². The number of rotatable bonds is 6. The lowest BCUT2D eigenvalue weighted by molar-refractivity contribution is -0.385. The maximum Gasteiger partial charge on any atom is 0.282 e. The molecule has 6 nitrogen and oxygen atoms in total. The van der Waals surface area contributed by atoms with Crippen LogP contribution in [0.4, 0.5) is 5.69 Å². The summed E-state index contributed by atoms with van der Waals surface area (Å²) in [6, 6.07) is 5.94. The molecule has 0 atom stereocenters. The molecule has 0 saturated carbocycles. The van der Waals surface area contributed by atoms with Gasteiger partial charge < -0.3 is 10.2 Å². The molecule has 1 amide bonds. The molecule has 0 bridgehead atoms. The van der Waals surface area contributed by atoms with Crippen molar-refractivity contribution in [1.82, 2.24) is 10.2 Å². The van der Waals surface area contributed by atoms with Crippen LogP contribution in [-0.4, -0.2) is 42.9 Å². The Morgan fingerprint density at radius 3 is 2.58 bits per heavy atom. The molecule has 0 aliphatic heterocycles. The number of hydrogen-bond acceptors (Lipinski definition) is 4. The van der Waals surface area contributed by atoms with Gasteiger partial charge in [0.05, 0.1) is 4.92 Å². The van der Waals surface area contributed by atoms with E-state index in [-0.39, 0.29) is 23.7 Å². The van der Waals surface area contributed by atoms with E-state index in [1.54, 1.807) is 12.1 Å². The van der Waals surface area contributed by atoms with Gasteiger partial charge in [0, 0.05) is 12.6 Å². The van der Waals surface area contributed by atoms with Gasteiger partial charge in [-0.05, 0) is 33.1 Å². The summed E-state index contributed by atoms with van der Waals surface area (Å²) in [6.45, 7) is 1.36. The highest BCUT2D eigenvalue weighted by atomic mass is 35.5. The molecule has 1 aromatic rings. The number of nitro benzene ring substituents is 1. The van der Waals surface area contributed by atoms with Crippen molar-refractivity contribution in [3.05, 3.63) is 39.9 Å². The van der Waals surface area contributed by atoms with E-state index >= 15 is 0 Å². The monoisotopic (exact) mass is 287 g/mol. The largest absolute Gasteiger partial charge is 0.352 e. The molecule has 0 fully saturated rings. The Kier molecular flexibility index (Phi) is 7.71. The van der Waals surface area contributed by atoms with Crippen LogP contribution in [0.25, 0.3) is 0 Å². The molecule has 0 aliphatic carbocycles. The van der Waals surface area contributed by atoms with Crippen molar-refractivity contribution in [2.45, 2.75) is 6.42 Å². The molecule has 0 aliphatic rings. The van der Waals surface area contributed by atoms with Gasteiger partial charge in [-0.25, -0.2) is 0 Å². The summed E-state index contributed by atoms with van der Waals surface area (Å²) in [6.07, 6.45) is 0.805. The first kappa shape index (κ1) is 17.3. The predicted octanol–water partition coefficient (Wildman–Crippen LogP) is 1.70. The zero-order valence-electron chi connectivity index (χ0n) is 11.0. The first-order valence-corrected chi connectivity index (χ1v) is 5.68. The van der Waals surface area contributed by atoms with E-state index in [4.69, 9.17) is 0 Å². The smallest absolute Gasteiger partial charge is 0.282 e. The van der Waals surface area contributed by atoms with Crippen LogP contribution in [0.1, 0.15) is 16.8 Å². The van der Waals surface area contributed by atoms with Gasteiger partial charge in [-0.3, -0.25) is 14.9 Å². The van der Waals surface area contributed by atoms with E-state index in [1.807, 2.05) is 19.0 Å². The molecule has 0 saturated heterocycles. The third kappa shape index (κ3) is 5.67. The van der Waals surface area contributed by atoms with Gasteiger partial charge in [0.1, 0.15) is 5.56 Å². The summed E-state index contributed by atoms with van der Waals surface area (Å²) >= 11 is 0. The van der Waals surface area contributed by atoms with Gasteiger partial charge in [-0.1, -0.05) is 12.1 Å². The van der Waals surface area contributed by atoms with Crippen molar-refractivity contribution in [3.63, 3.8) is 0 Å². The van der Waals surface area contributed by atoms with Crippen LogP contribution in [0.3, 0.4) is 0 Å². The Balaban J connectivity index is 0.00000324. The zero-order valence-corrected chi connectivity index (χ0v) is 11.8. The zero-order chi connectivity index (χ0) is 13.5. The number of nitro groups is 1. The Bertz CT molecular complexity index is 438. The van der Waals surface area contributed by atoms with Crippen LogP contribution in [0.5, 0.6) is 0 Å². The highest BCUT2D eigenvalue weighted by Crippen LogP contribution is 2.17. The summed E-state index contributed by atoms with van der Waals surface area (Å²) in [5.74, 6) is -0.402. The van der Waals surface area contributed by atoms with Crippen LogP contribution in [0, 0.1) is 10.1 Å². The number of nitrogens with zero attached hydrogens (tertiary/aromatic N) is 2. The Hall–Kier alpha value is -1.66. The van der Waals surface area contributed by atoms with Gasteiger partial charge in [0.25, 0.3) is 11.6 Å². The van der Waals surface area contributed by atoms with Gasteiger partial charge in [-0.15, -0.1) is 12.4 Å². The van der Waals surface area contributed by atoms with E-state index in [1.165, 1.54) is 12.1 Å². The van der Waals surface area contributed by atoms with Crippen LogP contribution in [0.2, 0.25) is 0 Å². The van der Waals surface area contributed by atoms with Crippen LogP contribution >= 0.6 is 12.4 Å². The van der Waals surface area contributed by atoms with Crippen molar-refractivity contribution in [2.24, 2.45) is 0 Å². The summed E-state index contributed by atoms with van der Waals surface area (Å²) in [5, 5.41) is 13.4. The standard InChI is InChI=1S/C12H17N3O3.ClH/c1-14(2)9-5-8-13-12(16)10-6-3-4-7-11(10)15(17)18;/h3-4,6-7H,5,8-9H2,1-2H3,(H,13,16);1H. The minimum Gasteiger partial charge on any atom is -0.352 e. The van der Waals surface area contributed by atoms with E-state index in [2.05, 4.69) is 5.32 Å². The minimum atomic E-state index is -0.547. The third-order valence-electron chi connectivity index (χ3n) is 2.41. The molecule has 19 heavy (non-hydrogen) atoms.